The molecule has 9 heteroatoms. The summed E-state index contributed by atoms with van der Waals surface area (Å²) in [5, 5.41) is 5.67. The Hall–Kier alpha value is -3.66. The van der Waals surface area contributed by atoms with Gasteiger partial charge in [0.2, 0.25) is 0 Å². The molecule has 6 nitrogen and oxygen atoms in total. The average Bonchev–Trinajstić information content (AvgIpc) is 3.31. The average molecular weight is 654 g/mol. The highest BCUT2D eigenvalue weighted by Gasteiger charge is 2.20. The van der Waals surface area contributed by atoms with Crippen LogP contribution in [-0.4, -0.2) is 23.1 Å². The summed E-state index contributed by atoms with van der Waals surface area (Å²) < 4.78 is 6.54. The van der Waals surface area contributed by atoms with Gasteiger partial charge in [0.15, 0.2) is 0 Å². The van der Waals surface area contributed by atoms with Gasteiger partial charge in [0.05, 0.1) is 22.3 Å². The van der Waals surface area contributed by atoms with Crippen LogP contribution in [-0.2, 0) is 0 Å². The predicted molar refractivity (Wildman–Crippen MR) is 159 cm³/mol. The van der Waals surface area contributed by atoms with E-state index in [0.29, 0.717) is 16.3 Å². The summed E-state index contributed by atoms with van der Waals surface area (Å²) in [7, 11) is 0. The number of H-pyrrole nitrogens is 1. The number of nitrogens with zero attached hydrogens (tertiary/aromatic N) is 1. The zero-order chi connectivity index (χ0) is 26.6. The second kappa shape index (κ2) is 11.4. The number of benzene rings is 4. The van der Waals surface area contributed by atoms with Crippen molar-refractivity contribution in [3.05, 3.63) is 121 Å². The molecule has 1 heterocycles. The summed E-state index contributed by atoms with van der Waals surface area (Å²) in [6.45, 7) is 0. The molecule has 5 aromatic rings. The standard InChI is InChI=1S/C29H18Cl2IN3O3/c30-19-13-14-20(22(31)15-19)29(37)38-24-12-5-4-9-18(24)16-33-35-28(36)27-25(17-7-2-1-3-8-17)21-10-6-11-23(32)26(21)34-27/h1-16,34H,(H,35,36). The Bertz CT molecular complexity index is 1700. The number of amides is 1. The second-order valence-electron chi connectivity index (χ2n) is 8.15. The molecule has 0 atom stereocenters. The third kappa shape index (κ3) is 5.45. The molecule has 0 radical (unpaired) electrons. The van der Waals surface area contributed by atoms with E-state index in [-0.39, 0.29) is 16.3 Å². The highest BCUT2D eigenvalue weighted by molar-refractivity contribution is 14.1. The van der Waals surface area contributed by atoms with Crippen molar-refractivity contribution in [1.29, 1.82) is 0 Å². The molecular formula is C29H18Cl2IN3O3. The maximum Gasteiger partial charge on any atom is 0.345 e. The van der Waals surface area contributed by atoms with Crippen molar-refractivity contribution < 1.29 is 14.3 Å². The van der Waals surface area contributed by atoms with Crippen LogP contribution in [0.15, 0.2) is 96.1 Å². The topological polar surface area (TPSA) is 83.5 Å². The fourth-order valence-electron chi connectivity index (χ4n) is 3.96. The Morgan fingerprint density at radius 2 is 1.68 bits per heavy atom. The van der Waals surface area contributed by atoms with Crippen LogP contribution in [0.3, 0.4) is 0 Å². The van der Waals surface area contributed by atoms with Crippen LogP contribution in [0.5, 0.6) is 5.75 Å². The second-order valence-corrected chi connectivity index (χ2v) is 10.2. The molecule has 38 heavy (non-hydrogen) atoms. The van der Waals surface area contributed by atoms with Crippen LogP contribution in [0.2, 0.25) is 10.0 Å². The molecule has 0 saturated carbocycles. The van der Waals surface area contributed by atoms with E-state index in [0.717, 1.165) is 25.6 Å². The van der Waals surface area contributed by atoms with Crippen molar-refractivity contribution in [3.63, 3.8) is 0 Å². The van der Waals surface area contributed by atoms with E-state index in [4.69, 9.17) is 27.9 Å². The molecule has 1 aromatic heterocycles. The maximum absolute atomic E-state index is 13.3. The van der Waals surface area contributed by atoms with Gasteiger partial charge >= 0.3 is 5.97 Å². The number of para-hydroxylation sites is 2. The number of rotatable bonds is 6. The van der Waals surface area contributed by atoms with Crippen molar-refractivity contribution >= 4 is 74.8 Å². The van der Waals surface area contributed by atoms with Crippen LogP contribution in [0.1, 0.15) is 26.4 Å². The first-order valence-corrected chi connectivity index (χ1v) is 13.2. The van der Waals surface area contributed by atoms with Crippen LogP contribution in [0.4, 0.5) is 0 Å². The lowest BCUT2D eigenvalue weighted by molar-refractivity contribution is 0.0734. The van der Waals surface area contributed by atoms with Crippen LogP contribution >= 0.6 is 45.8 Å². The van der Waals surface area contributed by atoms with Gasteiger partial charge in [-0.2, -0.15) is 5.10 Å². The van der Waals surface area contributed by atoms with Gasteiger partial charge in [-0.15, -0.1) is 0 Å². The molecule has 0 aliphatic rings. The Balaban J connectivity index is 1.39. The summed E-state index contributed by atoms with van der Waals surface area (Å²) in [5.41, 5.74) is 6.22. The van der Waals surface area contributed by atoms with Gasteiger partial charge in [-0.25, -0.2) is 10.2 Å². The third-order valence-corrected chi connectivity index (χ3v) is 7.16. The fraction of sp³-hybridized carbons (Fsp3) is 0. The molecule has 0 bridgehead atoms. The number of halogens is 3. The van der Waals surface area contributed by atoms with E-state index in [2.05, 4.69) is 38.1 Å². The molecule has 0 saturated heterocycles. The molecule has 1 amide bonds. The van der Waals surface area contributed by atoms with Gasteiger partial charge in [-0.05, 0) is 64.6 Å². The first kappa shape index (κ1) is 26.0. The normalized spacial score (nSPS) is 11.1. The number of carbonyl (C=O) groups excluding carboxylic acids is 2. The Labute approximate surface area is 241 Å². The number of fused-ring (bicyclic) bond motifs is 1. The highest BCUT2D eigenvalue weighted by Crippen LogP contribution is 2.34. The molecular weight excluding hydrogens is 636 g/mol. The van der Waals surface area contributed by atoms with Gasteiger partial charge in [0.25, 0.3) is 5.91 Å². The van der Waals surface area contributed by atoms with Crippen molar-refractivity contribution in [1.82, 2.24) is 10.4 Å². The van der Waals surface area contributed by atoms with Crippen molar-refractivity contribution in [2.45, 2.75) is 0 Å². The molecule has 0 spiro atoms. The van der Waals surface area contributed by atoms with Crippen molar-refractivity contribution in [2.24, 2.45) is 5.10 Å². The molecule has 0 aliphatic carbocycles. The number of ether oxygens (including phenoxy) is 1. The SMILES string of the molecule is O=C(Oc1ccccc1C=NNC(=O)c1[nH]c2c(I)cccc2c1-c1ccccc1)c1ccc(Cl)cc1Cl. The number of carbonyl (C=O) groups is 2. The number of esters is 1. The highest BCUT2D eigenvalue weighted by atomic mass is 127. The lowest BCUT2D eigenvalue weighted by atomic mass is 10.0. The summed E-state index contributed by atoms with van der Waals surface area (Å²) in [4.78, 5) is 29.2. The van der Waals surface area contributed by atoms with Crippen LogP contribution in [0.25, 0.3) is 22.0 Å². The molecule has 188 valence electrons. The van der Waals surface area contributed by atoms with E-state index >= 15 is 0 Å². The van der Waals surface area contributed by atoms with E-state index in [1.807, 2.05) is 48.5 Å². The molecule has 0 unspecified atom stereocenters. The first-order valence-electron chi connectivity index (χ1n) is 11.4. The number of aromatic amines is 1. The number of nitrogens with one attached hydrogen (secondary N) is 2. The lowest BCUT2D eigenvalue weighted by Gasteiger charge is -2.08. The number of aromatic nitrogens is 1. The zero-order valence-electron chi connectivity index (χ0n) is 19.5. The van der Waals surface area contributed by atoms with E-state index in [1.54, 1.807) is 30.3 Å². The van der Waals surface area contributed by atoms with Crippen LogP contribution in [0, 0.1) is 3.57 Å². The largest absolute Gasteiger partial charge is 0.422 e. The predicted octanol–water partition coefficient (Wildman–Crippen LogP) is 7.73. The minimum atomic E-state index is -0.642. The summed E-state index contributed by atoms with van der Waals surface area (Å²) in [5.74, 6) is -0.794. The van der Waals surface area contributed by atoms with E-state index in [9.17, 15) is 9.59 Å². The Kier molecular flexibility index (Phi) is 7.78. The van der Waals surface area contributed by atoms with Gasteiger partial charge in [-0.3, -0.25) is 4.79 Å². The summed E-state index contributed by atoms with van der Waals surface area (Å²) in [6, 6.07) is 27.0. The fourth-order valence-corrected chi connectivity index (χ4v) is 5.08. The van der Waals surface area contributed by atoms with Gasteiger partial charge in [-0.1, -0.05) is 77.8 Å². The zero-order valence-corrected chi connectivity index (χ0v) is 23.2. The van der Waals surface area contributed by atoms with Gasteiger partial charge < -0.3 is 9.72 Å². The van der Waals surface area contributed by atoms with E-state index < -0.39 is 11.9 Å². The molecule has 5 rings (SSSR count). The van der Waals surface area contributed by atoms with Crippen molar-refractivity contribution in [2.75, 3.05) is 0 Å². The molecule has 0 fully saturated rings. The third-order valence-electron chi connectivity index (χ3n) is 5.71. The smallest absolute Gasteiger partial charge is 0.345 e. The quantitative estimate of drug-likeness (QED) is 0.0647. The molecule has 0 aliphatic heterocycles. The lowest BCUT2D eigenvalue weighted by Crippen LogP contribution is -2.19. The summed E-state index contributed by atoms with van der Waals surface area (Å²) in [6.07, 6.45) is 1.42. The van der Waals surface area contributed by atoms with Gasteiger partial charge in [0.1, 0.15) is 11.4 Å². The van der Waals surface area contributed by atoms with Crippen LogP contribution < -0.4 is 10.2 Å². The van der Waals surface area contributed by atoms with Crippen molar-refractivity contribution in [3.8, 4) is 16.9 Å². The van der Waals surface area contributed by atoms with E-state index in [1.165, 1.54) is 18.3 Å². The monoisotopic (exact) mass is 653 g/mol. The first-order chi connectivity index (χ1) is 18.4. The molecule has 4 aromatic carbocycles. The minimum absolute atomic E-state index is 0.179. The summed E-state index contributed by atoms with van der Waals surface area (Å²) >= 11 is 14.3. The maximum atomic E-state index is 13.3. The minimum Gasteiger partial charge on any atom is -0.422 e. The Morgan fingerprint density at radius 3 is 2.47 bits per heavy atom. The number of hydrazone groups is 1. The molecule has 2 N–H and O–H groups in total. The van der Waals surface area contributed by atoms with Gasteiger partial charge in [0, 0.05) is 25.1 Å². The Morgan fingerprint density at radius 1 is 0.921 bits per heavy atom. The number of hydrogen-bond donors (Lipinski definition) is 2. The number of hydrogen-bond acceptors (Lipinski definition) is 4.